The second kappa shape index (κ2) is 44.6. The largest absolute Gasteiger partial charge is 0.481 e. The number of anilines is 1. The van der Waals surface area contributed by atoms with Gasteiger partial charge in [0.1, 0.15) is 159 Å². The number of hydrogen-bond acceptors (Lipinski definition) is 39. The highest BCUT2D eigenvalue weighted by molar-refractivity contribution is 6.07. The summed E-state index contributed by atoms with van der Waals surface area (Å²) in [5.41, 5.74) is 11.7. The molecule has 0 aliphatic carbocycles. The lowest BCUT2D eigenvalue weighted by atomic mass is 9.79. The van der Waals surface area contributed by atoms with Crippen LogP contribution in [-0.4, -0.2) is 423 Å². The van der Waals surface area contributed by atoms with Crippen molar-refractivity contribution in [2.24, 2.45) is 11.7 Å². The maximum atomic E-state index is 11.8. The topological polar surface area (TPSA) is 650 Å². The van der Waals surface area contributed by atoms with Gasteiger partial charge >= 0.3 is 11.9 Å². The highest BCUT2D eigenvalue weighted by Crippen LogP contribution is 2.52. The fourth-order valence-electron chi connectivity index (χ4n) is 19.0. The molecule has 20 aliphatic heterocycles. The summed E-state index contributed by atoms with van der Waals surface area (Å²) in [7, 11) is 0. The zero-order valence-electron chi connectivity index (χ0n) is 72.4. The van der Waals surface area contributed by atoms with Crippen LogP contribution in [-0.2, 0) is 91.5 Å². The van der Waals surface area contributed by atoms with Crippen LogP contribution in [0.4, 0.5) is 11.4 Å². The van der Waals surface area contributed by atoms with Crippen LogP contribution in [0.25, 0.3) is 21.5 Å². The number of carboxylic acids is 2. The molecule has 0 spiro atoms. The van der Waals surface area contributed by atoms with Crippen molar-refractivity contribution in [1.29, 1.82) is 0 Å². The molecule has 42 heteroatoms. The van der Waals surface area contributed by atoms with Crippen LogP contribution in [0, 0.1) is 5.92 Å². The number of hydrogen-bond donors (Lipinski definition) is 23. The molecule has 4 aromatic rings. The highest BCUT2D eigenvalue weighted by atomic mass is 16.8. The first-order valence-corrected chi connectivity index (χ1v) is 43.9. The van der Waals surface area contributed by atoms with Crippen LogP contribution in [0.2, 0.25) is 0 Å². The molecule has 24 rings (SSSR count). The van der Waals surface area contributed by atoms with Crippen molar-refractivity contribution >= 4 is 50.6 Å². The number of ether oxygens (including phenoxy) is 15. The summed E-state index contributed by atoms with van der Waals surface area (Å²) in [6.07, 6.45) is -49.3. The predicted molar refractivity (Wildman–Crippen MR) is 451 cm³/mol. The van der Waals surface area contributed by atoms with E-state index >= 15 is 0 Å². The fraction of sp³-hybridized carbons (Fsp3) is 0.652. The van der Waals surface area contributed by atoms with Crippen molar-refractivity contribution in [3.05, 3.63) is 132 Å². The SMILES string of the molecule is CC1(C)C(/C=C/C=C/C=C/C=C2/N(CCC(=O)O)c3ccc4ccccc4c3C2(C)C)=[N+](CCC(=O)O)c2ccc3ccccc3c21.NCCCO[C@H]1[C@H]2OCCC[C@H]3[C@H](O)[C@@H](O)C(O[C@H]4[C@H](O)[C@@H](O)C(O[C@H]5[C@H](O)[C@@H](O)C(O[C@H]6[C@H](O)[C@@H](O)C(O[C@H]7[C@H](O)[C@@H](O)C(O[C@H]8[C@H](O)[C@@H](O)C(O[C@@H]([C@@H]1O)[C@@H](CO)O2)O[C@@H]8CO)O[C@@H]7CO)O[C@@H]6CO)O[C@@H]5CO)O[C@@H]4CO)O[C@@H]3CO. The van der Waals surface area contributed by atoms with E-state index in [4.69, 9.17) is 76.8 Å². The number of aliphatic hydroxyl groups excluding tert-OH is 20. The van der Waals surface area contributed by atoms with Crippen LogP contribution in [0.5, 0.6) is 0 Å². The van der Waals surface area contributed by atoms with E-state index in [9.17, 15) is 122 Å². The lowest BCUT2D eigenvalue weighted by Gasteiger charge is -2.50. The van der Waals surface area contributed by atoms with Crippen LogP contribution < -0.4 is 10.6 Å². The Morgan fingerprint density at radius 3 is 1.24 bits per heavy atom. The number of aliphatic carboxylic acids is 2. The van der Waals surface area contributed by atoms with Gasteiger partial charge in [0.15, 0.2) is 56.3 Å². The zero-order valence-corrected chi connectivity index (χ0v) is 72.4. The zero-order chi connectivity index (χ0) is 94.4. The summed E-state index contributed by atoms with van der Waals surface area (Å²) < 4.78 is 89.3. The fourth-order valence-corrected chi connectivity index (χ4v) is 19.0. The van der Waals surface area contributed by atoms with E-state index in [2.05, 4.69) is 110 Å². The Labute approximate surface area is 752 Å². The van der Waals surface area contributed by atoms with E-state index in [0.717, 1.165) is 22.8 Å². The minimum Gasteiger partial charge on any atom is -0.481 e. The molecule has 24 N–H and O–H groups in total. The smallest absolute Gasteiger partial charge is 0.309 e. The number of fused-ring (bicyclic) bond motifs is 7. The molecule has 0 amide bonds. The van der Waals surface area contributed by atoms with Crippen LogP contribution in [0.15, 0.2) is 121 Å². The van der Waals surface area contributed by atoms with Gasteiger partial charge in [-0.15, -0.1) is 0 Å². The van der Waals surface area contributed by atoms with E-state index in [1.165, 1.54) is 32.7 Å². The number of nitrogens with two attached hydrogens (primary N) is 1. The number of benzene rings is 4. The molecule has 4 aromatic carbocycles. The molecule has 14 bridgehead atoms. The van der Waals surface area contributed by atoms with E-state index < -0.39 is 273 Å². The molecule has 20 aliphatic rings. The van der Waals surface area contributed by atoms with E-state index in [1.807, 2.05) is 42.5 Å². The van der Waals surface area contributed by atoms with Gasteiger partial charge in [0.25, 0.3) is 0 Å². The second-order valence-corrected chi connectivity index (χ2v) is 35.0. The Morgan fingerprint density at radius 2 is 0.817 bits per heavy atom. The number of carbonyl (C=O) groups is 2. The van der Waals surface area contributed by atoms with Crippen molar-refractivity contribution < 1.29 is 198 Å². The van der Waals surface area contributed by atoms with E-state index in [1.54, 1.807) is 0 Å². The molecule has 6 unspecified atom stereocenters. The quantitative estimate of drug-likeness (QED) is 0.0211. The Bertz CT molecular complexity index is 4590. The minimum absolute atomic E-state index is 0.0308. The molecule has 0 saturated carbocycles. The summed E-state index contributed by atoms with van der Waals surface area (Å²) in [6, 6.07) is 25.2. The third kappa shape index (κ3) is 21.4. The molecule has 0 radical (unpaired) electrons. The number of rotatable bonds is 21. The average Bonchev–Trinajstić information content (AvgIpc) is 1.55. The van der Waals surface area contributed by atoms with Gasteiger partial charge in [-0.05, 0) is 85.0 Å². The number of aliphatic hydroxyl groups is 20. The third-order valence-corrected chi connectivity index (χ3v) is 25.9. The highest BCUT2D eigenvalue weighted by Gasteiger charge is 2.60. The summed E-state index contributed by atoms with van der Waals surface area (Å²) in [5, 5.41) is 245. The summed E-state index contributed by atoms with van der Waals surface area (Å²) >= 11 is 0. The lowest BCUT2D eigenvalue weighted by Crippen LogP contribution is -2.68. The summed E-state index contributed by atoms with van der Waals surface area (Å²) in [4.78, 5) is 25.2. The second-order valence-electron chi connectivity index (χ2n) is 35.0. The molecule has 42 nitrogen and oxygen atoms in total. The van der Waals surface area contributed by atoms with Crippen LogP contribution in [0.3, 0.4) is 0 Å². The standard InChI is InChI=1S/C48H83NO35.C41H40N2O4/c49-4-2-6-70-41-34(69)40-21(13-56)78-48(41)71-5-1-3-14-15(7-50)72-42(28(63)22(14)57)79-35-16(8-51)73-43(29(64)23(35)58)80-36-17(9-52)74-44(30(65)24(36)59)81-37-18(10-53)75-45(31(66)25(37)60)82-38-19(11-54)76-46(32(67)26(38)61)83-39-20(12-55)77-47(84-40)33(68)27(39)62;1-40(2)34(42(26-24-36(44)45)32-22-20-28-14-10-12-16-30(28)38(32)40)18-8-6-5-7-9-19-35-41(3,4)39-31-17-13-11-15-29(31)21-23-33(39)43(35)27-25-37(46)47/h14-48,50-69H,1-13,49H2;5-23H,24-27H2,1-4H3,(H-,44,45,46,47)/p+1/t14-,15-,16-,17-,18-,19-,20-,21-,22+,23-,24-,25-,26-,27-,28-,29-,30-,31-,32-,33-,34+,35-,36-,37-,38-,39-,40-,41-,42?,43?,44?,45?,46?,47?,48+;/m1./s1. The minimum atomic E-state index is -2.21. The van der Waals surface area contributed by atoms with Gasteiger partial charge in [-0.1, -0.05) is 98.8 Å². The van der Waals surface area contributed by atoms with Gasteiger partial charge in [-0.2, -0.15) is 4.58 Å². The average molecular weight is 1860 g/mol. The summed E-state index contributed by atoms with van der Waals surface area (Å²) in [6.45, 7) is 2.74. The van der Waals surface area contributed by atoms with Gasteiger partial charge < -0.3 is 194 Å². The Balaban J connectivity index is 0.000000261. The third-order valence-electron chi connectivity index (χ3n) is 25.9. The molecule has 35 atom stereocenters. The maximum absolute atomic E-state index is 11.8. The van der Waals surface area contributed by atoms with Crippen LogP contribution >= 0.6 is 0 Å². The van der Waals surface area contributed by atoms with Gasteiger partial charge in [0.2, 0.25) is 5.69 Å². The van der Waals surface area contributed by atoms with Crippen molar-refractivity contribution in [3.8, 4) is 0 Å². The molecule has 728 valence electrons. The van der Waals surface area contributed by atoms with Gasteiger partial charge in [-0.3, -0.25) is 9.59 Å². The Morgan fingerprint density at radius 1 is 0.435 bits per heavy atom. The van der Waals surface area contributed by atoms with Gasteiger partial charge in [0.05, 0.1) is 70.3 Å². The van der Waals surface area contributed by atoms with Gasteiger partial charge in [0, 0.05) is 60.2 Å². The van der Waals surface area contributed by atoms with Crippen LogP contribution in [0.1, 0.15) is 70.9 Å². The first-order chi connectivity index (χ1) is 62.7. The predicted octanol–water partition coefficient (Wildman–Crippen LogP) is -5.16. The molecule has 18 fully saturated rings. The molecule has 0 aromatic heterocycles. The Hall–Kier alpha value is -6.67. The maximum Gasteiger partial charge on any atom is 0.309 e. The van der Waals surface area contributed by atoms with E-state index in [0.29, 0.717) is 13.1 Å². The number of carboxylic acid groups (broad SMARTS) is 2. The van der Waals surface area contributed by atoms with Crippen molar-refractivity contribution in [1.82, 2.24) is 0 Å². The van der Waals surface area contributed by atoms with Gasteiger partial charge in [-0.25, -0.2) is 0 Å². The lowest BCUT2D eigenvalue weighted by molar-refractivity contribution is -0.436. The molecular formula is C89H124N3O39+. The molecule has 18 saturated heterocycles. The molecular weight excluding hydrogens is 1730 g/mol. The first-order valence-electron chi connectivity index (χ1n) is 43.9. The normalized spacial score (nSPS) is 39.8. The Kier molecular flexibility index (Phi) is 34.7. The van der Waals surface area contributed by atoms with E-state index in [-0.39, 0.29) is 62.7 Å². The molecule has 20 heterocycles. The summed E-state index contributed by atoms with van der Waals surface area (Å²) in [5.74, 6) is -2.68. The van der Waals surface area contributed by atoms with Crippen molar-refractivity contribution in [2.45, 2.75) is 279 Å². The van der Waals surface area contributed by atoms with Crippen molar-refractivity contribution in [3.63, 3.8) is 0 Å². The monoisotopic (exact) mass is 1860 g/mol. The molecule has 131 heavy (non-hydrogen) atoms. The first kappa shape index (κ1) is 102. The number of nitrogens with zero attached hydrogens (tertiary/aromatic N) is 2. The number of allylic oxidation sites excluding steroid dienone is 8. The van der Waals surface area contributed by atoms with Crippen molar-refractivity contribution in [2.75, 3.05) is 84.0 Å².